The van der Waals surface area contributed by atoms with Gasteiger partial charge in [-0.15, -0.1) is 0 Å². The number of benzene rings is 1. The van der Waals surface area contributed by atoms with Crippen molar-refractivity contribution in [1.29, 1.82) is 0 Å². The van der Waals surface area contributed by atoms with E-state index >= 15 is 0 Å². The number of fused-ring (bicyclic) bond motifs is 1. The van der Waals surface area contributed by atoms with Gasteiger partial charge in [0.15, 0.2) is 0 Å². The molecule has 3 rings (SSSR count). The summed E-state index contributed by atoms with van der Waals surface area (Å²) in [6, 6.07) is 14.8. The molecule has 1 atom stereocenters. The first-order valence-corrected chi connectivity index (χ1v) is 6.78. The Morgan fingerprint density at radius 2 is 1.84 bits per heavy atom. The molecule has 0 saturated heterocycles. The monoisotopic (exact) mass is 249 g/mol. The fourth-order valence-electron chi connectivity index (χ4n) is 2.99. The summed E-state index contributed by atoms with van der Waals surface area (Å²) in [5.74, 6) is 0.511. The van der Waals surface area contributed by atoms with Crippen LogP contribution >= 0.6 is 0 Å². The zero-order valence-electron chi connectivity index (χ0n) is 11.4. The van der Waals surface area contributed by atoms with Crippen LogP contribution < -0.4 is 0 Å². The van der Waals surface area contributed by atoms with Crippen LogP contribution in [0.3, 0.4) is 0 Å². The highest BCUT2D eigenvalue weighted by Gasteiger charge is 2.25. The molecule has 1 unspecified atom stereocenters. The summed E-state index contributed by atoms with van der Waals surface area (Å²) < 4.78 is 2.40. The number of hydrogen-bond donors (Lipinski definition) is 0. The van der Waals surface area contributed by atoms with Crippen LogP contribution in [0, 0.1) is 0 Å². The highest BCUT2D eigenvalue weighted by Crippen LogP contribution is 2.37. The Bertz CT molecular complexity index is 631. The van der Waals surface area contributed by atoms with Gasteiger partial charge in [-0.1, -0.05) is 49.1 Å². The molecule has 0 aliphatic carbocycles. The minimum atomic E-state index is 0.511. The maximum atomic E-state index is 4.27. The van der Waals surface area contributed by atoms with Crippen molar-refractivity contribution in [3.05, 3.63) is 78.1 Å². The van der Waals surface area contributed by atoms with E-state index in [-0.39, 0.29) is 0 Å². The molecular formula is C18H19N. The lowest BCUT2D eigenvalue weighted by molar-refractivity contribution is 0.712. The standard InChI is InChI=1S/C18H19N/c1-13(2)16-11-12-19-17(9-10-18(16)19)14(3)15-7-5-4-6-8-15/h4-10,16H,1,3,11-12H2,2H3. The van der Waals surface area contributed by atoms with E-state index in [1.165, 1.54) is 28.9 Å². The molecular weight excluding hydrogens is 230 g/mol. The predicted octanol–water partition coefficient (Wildman–Crippen LogP) is 4.61. The second kappa shape index (κ2) is 4.58. The van der Waals surface area contributed by atoms with Gasteiger partial charge in [0.2, 0.25) is 0 Å². The lowest BCUT2D eigenvalue weighted by Crippen LogP contribution is -1.99. The normalized spacial score (nSPS) is 17.2. The van der Waals surface area contributed by atoms with Crippen molar-refractivity contribution >= 4 is 5.57 Å². The van der Waals surface area contributed by atoms with Gasteiger partial charge in [0.25, 0.3) is 0 Å². The van der Waals surface area contributed by atoms with E-state index in [1.807, 2.05) is 6.07 Å². The molecule has 1 nitrogen and oxygen atoms in total. The Balaban J connectivity index is 1.99. The molecule has 1 heteroatoms. The van der Waals surface area contributed by atoms with Crippen molar-refractivity contribution in [2.24, 2.45) is 0 Å². The maximum Gasteiger partial charge on any atom is 0.0482 e. The third-order valence-electron chi connectivity index (χ3n) is 4.04. The van der Waals surface area contributed by atoms with Crippen molar-refractivity contribution < 1.29 is 0 Å². The van der Waals surface area contributed by atoms with Gasteiger partial charge in [0.1, 0.15) is 0 Å². The summed E-state index contributed by atoms with van der Waals surface area (Å²) in [7, 11) is 0. The lowest BCUT2D eigenvalue weighted by atomic mass is 9.97. The van der Waals surface area contributed by atoms with Gasteiger partial charge in [0, 0.05) is 23.9 Å². The van der Waals surface area contributed by atoms with E-state index in [2.05, 4.69) is 61.0 Å². The Kier molecular flexibility index (Phi) is 2.90. The molecule has 0 N–H and O–H groups in total. The van der Waals surface area contributed by atoms with Gasteiger partial charge in [-0.2, -0.15) is 0 Å². The lowest BCUT2D eigenvalue weighted by Gasteiger charge is -2.10. The van der Waals surface area contributed by atoms with E-state index in [4.69, 9.17) is 0 Å². The average Bonchev–Trinajstić information content (AvgIpc) is 2.99. The average molecular weight is 249 g/mol. The van der Waals surface area contributed by atoms with Crippen LogP contribution in [0.4, 0.5) is 0 Å². The Morgan fingerprint density at radius 3 is 2.53 bits per heavy atom. The van der Waals surface area contributed by atoms with Crippen LogP contribution in [-0.4, -0.2) is 4.57 Å². The molecule has 0 radical (unpaired) electrons. The van der Waals surface area contributed by atoms with Crippen LogP contribution in [0.5, 0.6) is 0 Å². The molecule has 0 saturated carbocycles. The number of nitrogens with zero attached hydrogens (tertiary/aromatic N) is 1. The maximum absolute atomic E-state index is 4.27. The van der Waals surface area contributed by atoms with Crippen LogP contribution in [0.2, 0.25) is 0 Å². The molecule has 19 heavy (non-hydrogen) atoms. The van der Waals surface area contributed by atoms with Crippen molar-refractivity contribution in [1.82, 2.24) is 4.57 Å². The van der Waals surface area contributed by atoms with Gasteiger partial charge >= 0.3 is 0 Å². The molecule has 2 heterocycles. The fraction of sp³-hybridized carbons (Fsp3) is 0.222. The van der Waals surface area contributed by atoms with E-state index in [0.717, 1.165) is 12.1 Å². The molecule has 0 bridgehead atoms. The van der Waals surface area contributed by atoms with Gasteiger partial charge in [-0.05, 0) is 36.6 Å². The first-order valence-electron chi connectivity index (χ1n) is 6.78. The first-order chi connectivity index (χ1) is 9.18. The van der Waals surface area contributed by atoms with Crippen LogP contribution in [0.15, 0.2) is 61.2 Å². The third kappa shape index (κ3) is 1.95. The van der Waals surface area contributed by atoms with Crippen LogP contribution in [0.1, 0.15) is 36.2 Å². The zero-order chi connectivity index (χ0) is 13.4. The summed E-state index contributed by atoms with van der Waals surface area (Å²) in [5.41, 5.74) is 6.19. The highest BCUT2D eigenvalue weighted by atomic mass is 15.0. The number of rotatable bonds is 3. The second-order valence-electron chi connectivity index (χ2n) is 5.33. The van der Waals surface area contributed by atoms with E-state index in [9.17, 15) is 0 Å². The smallest absolute Gasteiger partial charge is 0.0482 e. The molecule has 0 spiro atoms. The topological polar surface area (TPSA) is 4.93 Å². The molecule has 96 valence electrons. The third-order valence-corrected chi connectivity index (χ3v) is 4.04. The second-order valence-corrected chi connectivity index (χ2v) is 5.33. The summed E-state index contributed by atoms with van der Waals surface area (Å²) in [6.45, 7) is 11.6. The number of aromatic nitrogens is 1. The first kappa shape index (κ1) is 12.0. The molecule has 1 aliphatic heterocycles. The predicted molar refractivity (Wildman–Crippen MR) is 81.2 cm³/mol. The molecule has 1 aliphatic rings. The van der Waals surface area contributed by atoms with Crippen molar-refractivity contribution in [3.8, 4) is 0 Å². The van der Waals surface area contributed by atoms with Gasteiger partial charge in [-0.25, -0.2) is 0 Å². The number of hydrogen-bond acceptors (Lipinski definition) is 0. The summed E-state index contributed by atoms with van der Waals surface area (Å²) >= 11 is 0. The molecule has 1 aromatic heterocycles. The largest absolute Gasteiger partial charge is 0.344 e. The summed E-state index contributed by atoms with van der Waals surface area (Å²) in [5, 5.41) is 0. The van der Waals surface area contributed by atoms with Crippen molar-refractivity contribution in [2.45, 2.75) is 25.8 Å². The minimum Gasteiger partial charge on any atom is -0.344 e. The van der Waals surface area contributed by atoms with Crippen molar-refractivity contribution in [3.63, 3.8) is 0 Å². The summed E-state index contributed by atoms with van der Waals surface area (Å²) in [6.07, 6.45) is 1.17. The van der Waals surface area contributed by atoms with E-state index < -0.39 is 0 Å². The Morgan fingerprint density at radius 1 is 1.11 bits per heavy atom. The van der Waals surface area contributed by atoms with Crippen LogP contribution in [-0.2, 0) is 6.54 Å². The SMILES string of the molecule is C=C(c1ccccc1)c1ccc2n1CCC2C(=C)C. The van der Waals surface area contributed by atoms with E-state index in [0.29, 0.717) is 5.92 Å². The van der Waals surface area contributed by atoms with Crippen molar-refractivity contribution in [2.75, 3.05) is 0 Å². The van der Waals surface area contributed by atoms with Gasteiger partial charge < -0.3 is 4.57 Å². The van der Waals surface area contributed by atoms with Gasteiger partial charge in [-0.3, -0.25) is 0 Å². The zero-order valence-corrected chi connectivity index (χ0v) is 11.4. The van der Waals surface area contributed by atoms with Gasteiger partial charge in [0.05, 0.1) is 0 Å². The Hall–Kier alpha value is -2.02. The Labute approximate surface area is 114 Å². The highest BCUT2D eigenvalue weighted by molar-refractivity contribution is 5.77. The molecule has 0 fully saturated rings. The molecule has 2 aromatic rings. The fourth-order valence-corrected chi connectivity index (χ4v) is 2.99. The molecule has 1 aromatic carbocycles. The van der Waals surface area contributed by atoms with Crippen LogP contribution in [0.25, 0.3) is 5.57 Å². The quantitative estimate of drug-likeness (QED) is 0.700. The minimum absolute atomic E-state index is 0.511. The number of allylic oxidation sites excluding steroid dienone is 1. The molecule has 0 amide bonds. The van der Waals surface area contributed by atoms with E-state index in [1.54, 1.807) is 0 Å². The summed E-state index contributed by atoms with van der Waals surface area (Å²) in [4.78, 5) is 0.